The molecule has 2 N–H and O–H groups in total. The summed E-state index contributed by atoms with van der Waals surface area (Å²) in [5.74, 6) is -0.413. The molecule has 1 amide bonds. The summed E-state index contributed by atoms with van der Waals surface area (Å²) in [4.78, 5) is 27.4. The van der Waals surface area contributed by atoms with Crippen molar-refractivity contribution in [1.82, 2.24) is 10.5 Å². The maximum absolute atomic E-state index is 12.0. The fourth-order valence-electron chi connectivity index (χ4n) is 2.16. The van der Waals surface area contributed by atoms with Crippen molar-refractivity contribution in [2.45, 2.75) is 26.2 Å². The molecule has 0 radical (unpaired) electrons. The maximum atomic E-state index is 12.0. The van der Waals surface area contributed by atoms with Gasteiger partial charge >= 0.3 is 0 Å². The molecular formula is C17H18N2O3. The van der Waals surface area contributed by atoms with Gasteiger partial charge in [0, 0.05) is 30.3 Å². The van der Waals surface area contributed by atoms with Gasteiger partial charge < -0.3 is 0 Å². The Hall–Kier alpha value is -2.53. The molecule has 1 aromatic heterocycles. The molecule has 0 bridgehead atoms. The molecule has 0 fully saturated rings. The highest BCUT2D eigenvalue weighted by atomic mass is 16.5. The van der Waals surface area contributed by atoms with Crippen LogP contribution in [0.5, 0.6) is 0 Å². The second-order valence-electron chi connectivity index (χ2n) is 5.18. The number of ketones is 1. The summed E-state index contributed by atoms with van der Waals surface area (Å²) in [5, 5.41) is 8.54. The largest absolute Gasteiger partial charge is 0.299 e. The predicted molar refractivity (Wildman–Crippen MR) is 81.7 cm³/mol. The lowest BCUT2D eigenvalue weighted by Gasteiger charge is -2.04. The molecule has 0 saturated carbocycles. The molecule has 114 valence electrons. The van der Waals surface area contributed by atoms with Crippen LogP contribution in [0.15, 0.2) is 42.6 Å². The van der Waals surface area contributed by atoms with Crippen LogP contribution in [-0.4, -0.2) is 21.9 Å². The van der Waals surface area contributed by atoms with E-state index in [1.807, 2.05) is 19.1 Å². The smallest absolute Gasteiger partial charge is 0.274 e. The summed E-state index contributed by atoms with van der Waals surface area (Å²) in [7, 11) is 0. The molecule has 5 heteroatoms. The minimum atomic E-state index is -0.548. The number of amides is 1. The third-order valence-electron chi connectivity index (χ3n) is 3.36. The summed E-state index contributed by atoms with van der Waals surface area (Å²) in [6.07, 6.45) is 3.10. The van der Waals surface area contributed by atoms with E-state index in [-0.39, 0.29) is 5.78 Å². The Labute approximate surface area is 129 Å². The number of carbonyl (C=O) groups excluding carboxylic acids is 2. The molecular weight excluding hydrogens is 280 g/mol. The quantitative estimate of drug-likeness (QED) is 0.633. The molecule has 1 heterocycles. The number of aryl methyl sites for hydroxylation is 2. The Bertz CT molecular complexity index is 666. The average molecular weight is 298 g/mol. The summed E-state index contributed by atoms with van der Waals surface area (Å²) in [6, 6.07) is 10.6. The Balaban J connectivity index is 1.87. The molecule has 0 aliphatic heterocycles. The molecule has 2 rings (SSSR count). The number of aromatic nitrogens is 1. The number of Topliss-reactive ketones (excluding diaryl/α,β-unsaturated/α-hetero) is 1. The molecule has 2 aromatic rings. The lowest BCUT2D eigenvalue weighted by molar-refractivity contribution is -0.118. The van der Waals surface area contributed by atoms with E-state index in [9.17, 15) is 9.59 Å². The monoisotopic (exact) mass is 298 g/mol. The van der Waals surface area contributed by atoms with Crippen molar-refractivity contribution in [2.75, 3.05) is 0 Å². The number of hydrogen-bond acceptors (Lipinski definition) is 4. The van der Waals surface area contributed by atoms with Crippen molar-refractivity contribution in [2.24, 2.45) is 0 Å². The van der Waals surface area contributed by atoms with Crippen LogP contribution >= 0.6 is 0 Å². The van der Waals surface area contributed by atoms with Crippen LogP contribution < -0.4 is 5.48 Å². The Morgan fingerprint density at radius 1 is 1.18 bits per heavy atom. The van der Waals surface area contributed by atoms with E-state index in [4.69, 9.17) is 5.21 Å². The van der Waals surface area contributed by atoms with Gasteiger partial charge in [0.1, 0.15) is 5.78 Å². The minimum Gasteiger partial charge on any atom is -0.299 e. The molecule has 0 aliphatic rings. The van der Waals surface area contributed by atoms with Gasteiger partial charge in [-0.05, 0) is 48.7 Å². The zero-order chi connectivity index (χ0) is 15.9. The normalized spacial score (nSPS) is 10.3. The summed E-state index contributed by atoms with van der Waals surface area (Å²) >= 11 is 0. The second-order valence-corrected chi connectivity index (χ2v) is 5.18. The highest BCUT2D eigenvalue weighted by Crippen LogP contribution is 2.09. The molecule has 5 nitrogen and oxygen atoms in total. The molecule has 22 heavy (non-hydrogen) atoms. The topological polar surface area (TPSA) is 79.3 Å². The van der Waals surface area contributed by atoms with Gasteiger partial charge in [-0.2, -0.15) is 0 Å². The predicted octanol–water partition coefficient (Wildman–Crippen LogP) is 2.25. The number of hydrogen-bond donors (Lipinski definition) is 2. The SMILES string of the molecule is Cc1ccnc(CC(=O)CCc2ccc(C(=O)NO)cc2)c1. The third-order valence-corrected chi connectivity index (χ3v) is 3.36. The lowest BCUT2D eigenvalue weighted by atomic mass is 10.0. The number of rotatable bonds is 6. The first-order valence-corrected chi connectivity index (χ1v) is 7.05. The first-order valence-electron chi connectivity index (χ1n) is 7.05. The number of hydroxylamine groups is 1. The highest BCUT2D eigenvalue weighted by molar-refractivity contribution is 5.93. The van der Waals surface area contributed by atoms with E-state index >= 15 is 0 Å². The van der Waals surface area contributed by atoms with Crippen molar-refractivity contribution in [1.29, 1.82) is 0 Å². The number of nitrogens with zero attached hydrogens (tertiary/aromatic N) is 1. The van der Waals surface area contributed by atoms with Crippen LogP contribution in [0.25, 0.3) is 0 Å². The van der Waals surface area contributed by atoms with E-state index in [1.165, 1.54) is 0 Å². The third kappa shape index (κ3) is 4.49. The standard InChI is InChI=1S/C17H18N2O3/c1-12-8-9-18-15(10-12)11-16(20)7-4-13-2-5-14(6-3-13)17(21)19-22/h2-3,5-6,8-10,22H,4,7,11H2,1H3,(H,19,21). The fourth-order valence-corrected chi connectivity index (χ4v) is 2.16. The Morgan fingerprint density at radius 2 is 1.91 bits per heavy atom. The van der Waals surface area contributed by atoms with Gasteiger partial charge in [0.2, 0.25) is 0 Å². The van der Waals surface area contributed by atoms with Crippen LogP contribution in [0.4, 0.5) is 0 Å². The van der Waals surface area contributed by atoms with Gasteiger partial charge in [0.15, 0.2) is 0 Å². The van der Waals surface area contributed by atoms with Crippen LogP contribution in [0, 0.1) is 6.92 Å². The zero-order valence-electron chi connectivity index (χ0n) is 12.4. The lowest BCUT2D eigenvalue weighted by Crippen LogP contribution is -2.18. The molecule has 0 unspecified atom stereocenters. The molecule has 0 aliphatic carbocycles. The van der Waals surface area contributed by atoms with Crippen LogP contribution in [0.2, 0.25) is 0 Å². The van der Waals surface area contributed by atoms with Gasteiger partial charge in [0.05, 0.1) is 0 Å². The molecule has 0 spiro atoms. The Kier molecular flexibility index (Phi) is 5.38. The van der Waals surface area contributed by atoms with Crippen molar-refractivity contribution in [3.63, 3.8) is 0 Å². The van der Waals surface area contributed by atoms with Crippen molar-refractivity contribution >= 4 is 11.7 Å². The van der Waals surface area contributed by atoms with Gasteiger partial charge in [0.25, 0.3) is 5.91 Å². The Morgan fingerprint density at radius 3 is 2.55 bits per heavy atom. The number of nitrogens with one attached hydrogen (secondary N) is 1. The van der Waals surface area contributed by atoms with Crippen molar-refractivity contribution < 1.29 is 14.8 Å². The van der Waals surface area contributed by atoms with Gasteiger partial charge in [-0.1, -0.05) is 12.1 Å². The average Bonchev–Trinajstić information content (AvgIpc) is 2.52. The number of carbonyl (C=O) groups is 2. The highest BCUT2D eigenvalue weighted by Gasteiger charge is 2.07. The second kappa shape index (κ2) is 7.47. The van der Waals surface area contributed by atoms with E-state index in [0.717, 1.165) is 16.8 Å². The minimum absolute atomic E-state index is 0.135. The van der Waals surface area contributed by atoms with Crippen LogP contribution in [0.3, 0.4) is 0 Å². The summed E-state index contributed by atoms with van der Waals surface area (Å²) in [5.41, 5.74) is 4.82. The van der Waals surface area contributed by atoms with Gasteiger partial charge in [-0.15, -0.1) is 0 Å². The first kappa shape index (κ1) is 15.9. The van der Waals surface area contributed by atoms with Gasteiger partial charge in [-0.3, -0.25) is 19.8 Å². The van der Waals surface area contributed by atoms with E-state index < -0.39 is 5.91 Å². The van der Waals surface area contributed by atoms with Gasteiger partial charge in [-0.25, -0.2) is 5.48 Å². The van der Waals surface area contributed by atoms with E-state index in [1.54, 1.807) is 35.9 Å². The van der Waals surface area contributed by atoms with E-state index in [0.29, 0.717) is 24.8 Å². The molecule has 0 saturated heterocycles. The van der Waals surface area contributed by atoms with Crippen molar-refractivity contribution in [3.8, 4) is 0 Å². The zero-order valence-corrected chi connectivity index (χ0v) is 12.4. The summed E-state index contributed by atoms with van der Waals surface area (Å²) in [6.45, 7) is 1.97. The first-order chi connectivity index (χ1) is 10.6. The molecule has 0 atom stereocenters. The van der Waals surface area contributed by atoms with Crippen LogP contribution in [0.1, 0.15) is 33.6 Å². The van der Waals surface area contributed by atoms with Crippen molar-refractivity contribution in [3.05, 3.63) is 65.0 Å². The number of pyridine rings is 1. The number of benzene rings is 1. The summed E-state index contributed by atoms with van der Waals surface area (Å²) < 4.78 is 0. The molecule has 1 aromatic carbocycles. The fraction of sp³-hybridized carbons (Fsp3) is 0.235. The van der Waals surface area contributed by atoms with Crippen LogP contribution in [-0.2, 0) is 17.6 Å². The van der Waals surface area contributed by atoms with E-state index in [2.05, 4.69) is 4.98 Å². The maximum Gasteiger partial charge on any atom is 0.274 e.